The van der Waals surface area contributed by atoms with Gasteiger partial charge in [0.2, 0.25) is 5.91 Å². The van der Waals surface area contributed by atoms with Gasteiger partial charge in [0.25, 0.3) is 0 Å². The van der Waals surface area contributed by atoms with Crippen LogP contribution >= 0.6 is 0 Å². The number of aliphatic hydroxyl groups is 2. The van der Waals surface area contributed by atoms with Crippen molar-refractivity contribution in [3.8, 4) is 0 Å². The lowest BCUT2D eigenvalue weighted by Crippen LogP contribution is -2.45. The molecule has 0 aromatic carbocycles. The first-order valence-electron chi connectivity index (χ1n) is 34.1. The molecule has 0 aromatic heterocycles. The Morgan fingerprint density at radius 1 is 0.373 bits per heavy atom. The summed E-state index contributed by atoms with van der Waals surface area (Å²) in [7, 11) is 0. The van der Waals surface area contributed by atoms with Crippen LogP contribution in [0.4, 0.5) is 0 Å². The van der Waals surface area contributed by atoms with Crippen LogP contribution in [0.5, 0.6) is 0 Å². The minimum atomic E-state index is -0.661. The second-order valence-corrected chi connectivity index (χ2v) is 23.5. The Labute approximate surface area is 469 Å². The molecule has 2 unspecified atom stereocenters. The Hall–Kier alpha value is -1.66. The molecule has 444 valence electrons. The molecular formula is C69H133NO5. The summed E-state index contributed by atoms with van der Waals surface area (Å²) in [4.78, 5) is 24.5. The molecule has 0 saturated carbocycles. The number of nitrogens with one attached hydrogen (secondary N) is 1. The maximum Gasteiger partial charge on any atom is 0.305 e. The van der Waals surface area contributed by atoms with E-state index in [1.54, 1.807) is 0 Å². The molecule has 0 bridgehead atoms. The van der Waals surface area contributed by atoms with Crippen molar-refractivity contribution in [3.63, 3.8) is 0 Å². The number of hydrogen-bond acceptors (Lipinski definition) is 5. The highest BCUT2D eigenvalue weighted by Gasteiger charge is 2.20. The third-order valence-corrected chi connectivity index (χ3v) is 16.0. The maximum absolute atomic E-state index is 12.5. The normalized spacial score (nSPS) is 12.6. The lowest BCUT2D eigenvalue weighted by Gasteiger charge is -2.22. The zero-order valence-electron chi connectivity index (χ0n) is 50.8. The van der Waals surface area contributed by atoms with Crippen LogP contribution in [-0.4, -0.2) is 47.4 Å². The van der Waals surface area contributed by atoms with E-state index >= 15 is 0 Å². The number of rotatable bonds is 64. The molecule has 0 aliphatic carbocycles. The van der Waals surface area contributed by atoms with Gasteiger partial charge in [-0.1, -0.05) is 340 Å². The van der Waals surface area contributed by atoms with Crippen molar-refractivity contribution in [1.29, 1.82) is 0 Å². The molecule has 0 radical (unpaired) electrons. The Balaban J connectivity index is 3.32. The molecule has 6 heteroatoms. The van der Waals surface area contributed by atoms with E-state index in [1.807, 2.05) is 0 Å². The van der Waals surface area contributed by atoms with Crippen LogP contribution in [0.1, 0.15) is 380 Å². The highest BCUT2D eigenvalue weighted by atomic mass is 16.5. The molecule has 6 nitrogen and oxygen atoms in total. The van der Waals surface area contributed by atoms with Crippen LogP contribution in [0.2, 0.25) is 0 Å². The van der Waals surface area contributed by atoms with Crippen LogP contribution in [0.25, 0.3) is 0 Å². The van der Waals surface area contributed by atoms with Crippen LogP contribution in [0.15, 0.2) is 24.3 Å². The third kappa shape index (κ3) is 61.4. The minimum absolute atomic E-state index is 0.00586. The summed E-state index contributed by atoms with van der Waals surface area (Å²) in [5.41, 5.74) is 0. The van der Waals surface area contributed by atoms with Crippen LogP contribution in [0, 0.1) is 0 Å². The predicted octanol–water partition coefficient (Wildman–Crippen LogP) is 21.8. The SMILES string of the molecule is CCCC/C=C\C/C=C\CCCCCCCC(=O)OCCCCCCCCCCCCCCCCCCCCCCCCCCCCCCCCC(=O)NC(CO)C(O)CCCCCCCCCCCCCCCC. The second-order valence-electron chi connectivity index (χ2n) is 23.5. The third-order valence-electron chi connectivity index (χ3n) is 16.0. The molecule has 2 atom stereocenters. The fraction of sp³-hybridized carbons (Fsp3) is 0.913. The molecule has 0 rings (SSSR count). The maximum atomic E-state index is 12.5. The van der Waals surface area contributed by atoms with E-state index in [1.165, 1.54) is 295 Å². The van der Waals surface area contributed by atoms with Gasteiger partial charge in [-0.25, -0.2) is 0 Å². The average Bonchev–Trinajstić information content (AvgIpc) is 3.41. The summed E-state index contributed by atoms with van der Waals surface area (Å²) >= 11 is 0. The molecule has 0 saturated heterocycles. The number of aliphatic hydroxyl groups excluding tert-OH is 2. The van der Waals surface area contributed by atoms with E-state index in [2.05, 4.69) is 43.5 Å². The van der Waals surface area contributed by atoms with Gasteiger partial charge >= 0.3 is 5.97 Å². The fourth-order valence-electron chi connectivity index (χ4n) is 10.8. The van der Waals surface area contributed by atoms with Crippen molar-refractivity contribution in [2.75, 3.05) is 13.2 Å². The van der Waals surface area contributed by atoms with Crippen molar-refractivity contribution >= 4 is 11.9 Å². The number of carbonyl (C=O) groups is 2. The summed E-state index contributed by atoms with van der Waals surface area (Å²) in [5.74, 6) is -0.0229. The summed E-state index contributed by atoms with van der Waals surface area (Å²) < 4.78 is 5.48. The van der Waals surface area contributed by atoms with Gasteiger partial charge in [0.15, 0.2) is 0 Å². The topological polar surface area (TPSA) is 95.9 Å². The van der Waals surface area contributed by atoms with Crippen LogP contribution in [-0.2, 0) is 14.3 Å². The number of ether oxygens (including phenoxy) is 1. The van der Waals surface area contributed by atoms with Gasteiger partial charge < -0.3 is 20.3 Å². The molecule has 0 fully saturated rings. The largest absolute Gasteiger partial charge is 0.466 e. The number of hydrogen-bond donors (Lipinski definition) is 3. The Morgan fingerprint density at radius 2 is 0.680 bits per heavy atom. The number of carbonyl (C=O) groups excluding carboxylic acids is 2. The number of allylic oxidation sites excluding steroid dienone is 4. The van der Waals surface area contributed by atoms with Gasteiger partial charge in [-0.05, 0) is 51.4 Å². The summed E-state index contributed by atoms with van der Waals surface area (Å²) in [6, 6.07) is -0.537. The quantitative estimate of drug-likeness (QED) is 0.0320. The van der Waals surface area contributed by atoms with Crippen LogP contribution < -0.4 is 5.32 Å². The minimum Gasteiger partial charge on any atom is -0.466 e. The smallest absolute Gasteiger partial charge is 0.305 e. The number of amides is 1. The van der Waals surface area contributed by atoms with Gasteiger partial charge in [-0.3, -0.25) is 9.59 Å². The van der Waals surface area contributed by atoms with Gasteiger partial charge in [0.05, 0.1) is 25.4 Å². The second kappa shape index (κ2) is 64.9. The van der Waals surface area contributed by atoms with Crippen LogP contribution in [0.3, 0.4) is 0 Å². The van der Waals surface area contributed by atoms with E-state index in [-0.39, 0.29) is 18.5 Å². The Morgan fingerprint density at radius 3 is 1.05 bits per heavy atom. The van der Waals surface area contributed by atoms with Gasteiger partial charge in [0, 0.05) is 12.8 Å². The van der Waals surface area contributed by atoms with Gasteiger partial charge in [0.1, 0.15) is 0 Å². The Bertz CT molecular complexity index is 1170. The molecule has 0 aliphatic heterocycles. The van der Waals surface area contributed by atoms with E-state index in [9.17, 15) is 19.8 Å². The van der Waals surface area contributed by atoms with E-state index in [0.29, 0.717) is 25.9 Å². The molecule has 1 amide bonds. The van der Waals surface area contributed by atoms with E-state index in [4.69, 9.17) is 4.74 Å². The highest BCUT2D eigenvalue weighted by Crippen LogP contribution is 2.19. The molecule has 75 heavy (non-hydrogen) atoms. The van der Waals surface area contributed by atoms with E-state index < -0.39 is 12.1 Å². The summed E-state index contributed by atoms with van der Waals surface area (Å²) in [5, 5.41) is 23.3. The first-order chi connectivity index (χ1) is 37.0. The molecule has 0 aliphatic rings. The molecule has 0 spiro atoms. The average molecular weight is 1060 g/mol. The first-order valence-corrected chi connectivity index (χ1v) is 34.1. The van der Waals surface area contributed by atoms with Crippen molar-refractivity contribution in [2.45, 2.75) is 392 Å². The fourth-order valence-corrected chi connectivity index (χ4v) is 10.8. The van der Waals surface area contributed by atoms with Crippen molar-refractivity contribution in [1.82, 2.24) is 5.32 Å². The highest BCUT2D eigenvalue weighted by molar-refractivity contribution is 5.76. The molecular weight excluding hydrogens is 923 g/mol. The summed E-state index contributed by atoms with van der Waals surface area (Å²) in [6.07, 6.45) is 80.8. The summed E-state index contributed by atoms with van der Waals surface area (Å²) in [6.45, 7) is 4.94. The zero-order valence-corrected chi connectivity index (χ0v) is 50.8. The zero-order chi connectivity index (χ0) is 54.3. The van der Waals surface area contributed by atoms with E-state index in [0.717, 1.165) is 51.4 Å². The number of unbranched alkanes of at least 4 members (excludes halogenated alkanes) is 49. The monoisotopic (exact) mass is 1060 g/mol. The molecule has 0 heterocycles. The molecule has 0 aromatic rings. The predicted molar refractivity (Wildman–Crippen MR) is 329 cm³/mol. The van der Waals surface area contributed by atoms with Crippen molar-refractivity contribution < 1.29 is 24.5 Å². The first kappa shape index (κ1) is 73.3. The Kier molecular flexibility index (Phi) is 63.4. The standard InChI is InChI=1S/C69H133NO5/c1-3-5-7-9-11-13-15-17-37-41-45-49-53-57-61-67(72)66(65-71)70-68(73)62-58-54-50-46-42-38-35-33-31-29-27-25-23-21-19-20-22-24-26-28-30-32-34-36-40-44-48-52-56-60-64-75-69(74)63-59-55-51-47-43-39-18-16-14-12-10-8-6-4-2/h10,12,16,18,66-67,71-72H,3-9,11,13-15,17,19-65H2,1-2H3,(H,70,73)/b12-10-,18-16-. The number of esters is 1. The van der Waals surface area contributed by atoms with Crippen molar-refractivity contribution in [3.05, 3.63) is 24.3 Å². The molecule has 3 N–H and O–H groups in total. The van der Waals surface area contributed by atoms with Crippen molar-refractivity contribution in [2.24, 2.45) is 0 Å². The van der Waals surface area contributed by atoms with Gasteiger partial charge in [-0.2, -0.15) is 0 Å². The van der Waals surface area contributed by atoms with Gasteiger partial charge in [-0.15, -0.1) is 0 Å². The lowest BCUT2D eigenvalue weighted by atomic mass is 10.0. The lowest BCUT2D eigenvalue weighted by molar-refractivity contribution is -0.143.